The van der Waals surface area contributed by atoms with Crippen molar-refractivity contribution in [3.8, 4) is 0 Å². The molecule has 1 atom stereocenters. The number of hydrogen-bond donors (Lipinski definition) is 1. The molecule has 1 aliphatic heterocycles. The van der Waals surface area contributed by atoms with E-state index >= 15 is 0 Å². The first-order valence-corrected chi connectivity index (χ1v) is 5.27. The lowest BCUT2D eigenvalue weighted by Gasteiger charge is -2.42. The molecule has 1 fully saturated rings. The van der Waals surface area contributed by atoms with Crippen molar-refractivity contribution in [2.24, 2.45) is 11.1 Å². The number of rotatable bonds is 2. The molecule has 0 bridgehead atoms. The average Bonchev–Trinajstić information content (AvgIpc) is 2.00. The van der Waals surface area contributed by atoms with Gasteiger partial charge >= 0.3 is 6.18 Å². The Morgan fingerprint density at radius 2 is 2.00 bits per heavy atom. The van der Waals surface area contributed by atoms with Crippen molar-refractivity contribution in [2.45, 2.75) is 38.9 Å². The molecule has 2 N–H and O–H groups in total. The molecule has 0 amide bonds. The number of nitrogens with zero attached hydrogens (tertiary/aromatic N) is 1. The predicted molar refractivity (Wildman–Crippen MR) is 53.5 cm³/mol. The van der Waals surface area contributed by atoms with Crippen LogP contribution < -0.4 is 5.73 Å². The standard InChI is InChI=1S/C10H19F3N2/c1-9(2)4-3-5-15(7-9)8(6-14)10(11,12)13/h8H,3-7,14H2,1-2H3. The van der Waals surface area contributed by atoms with Crippen molar-refractivity contribution in [1.29, 1.82) is 0 Å². The molecule has 90 valence electrons. The maximum Gasteiger partial charge on any atom is 0.405 e. The summed E-state index contributed by atoms with van der Waals surface area (Å²) < 4.78 is 37.9. The van der Waals surface area contributed by atoms with Gasteiger partial charge in [0, 0.05) is 13.1 Å². The van der Waals surface area contributed by atoms with E-state index in [1.54, 1.807) is 0 Å². The molecule has 15 heavy (non-hydrogen) atoms. The van der Waals surface area contributed by atoms with Gasteiger partial charge < -0.3 is 5.73 Å². The highest BCUT2D eigenvalue weighted by Crippen LogP contribution is 2.33. The minimum Gasteiger partial charge on any atom is -0.329 e. The van der Waals surface area contributed by atoms with Crippen LogP contribution in [0, 0.1) is 5.41 Å². The molecule has 1 rings (SSSR count). The van der Waals surface area contributed by atoms with Gasteiger partial charge in [-0.3, -0.25) is 4.90 Å². The van der Waals surface area contributed by atoms with Crippen molar-refractivity contribution in [1.82, 2.24) is 4.90 Å². The van der Waals surface area contributed by atoms with Crippen LogP contribution in [0.5, 0.6) is 0 Å². The fourth-order valence-electron chi connectivity index (χ4n) is 2.22. The maximum atomic E-state index is 12.6. The van der Waals surface area contributed by atoms with Crippen LogP contribution in [0.1, 0.15) is 26.7 Å². The second-order valence-corrected chi connectivity index (χ2v) is 5.03. The summed E-state index contributed by atoms with van der Waals surface area (Å²) in [4.78, 5) is 1.48. The number of halogens is 3. The van der Waals surface area contributed by atoms with Gasteiger partial charge in [0.05, 0.1) is 0 Å². The molecule has 1 unspecified atom stereocenters. The second kappa shape index (κ2) is 4.29. The van der Waals surface area contributed by atoms with E-state index < -0.39 is 12.2 Å². The van der Waals surface area contributed by atoms with Gasteiger partial charge in [0.25, 0.3) is 0 Å². The summed E-state index contributed by atoms with van der Waals surface area (Å²) >= 11 is 0. The smallest absolute Gasteiger partial charge is 0.329 e. The highest BCUT2D eigenvalue weighted by molar-refractivity contribution is 4.87. The largest absolute Gasteiger partial charge is 0.405 e. The van der Waals surface area contributed by atoms with Crippen LogP contribution in [0.2, 0.25) is 0 Å². The molecule has 0 radical (unpaired) electrons. The van der Waals surface area contributed by atoms with E-state index in [9.17, 15) is 13.2 Å². The Balaban J connectivity index is 2.69. The lowest BCUT2D eigenvalue weighted by molar-refractivity contribution is -0.187. The summed E-state index contributed by atoms with van der Waals surface area (Å²) in [6.45, 7) is 4.64. The van der Waals surface area contributed by atoms with Crippen molar-refractivity contribution in [2.75, 3.05) is 19.6 Å². The van der Waals surface area contributed by atoms with Crippen LogP contribution in [-0.4, -0.2) is 36.8 Å². The first-order valence-electron chi connectivity index (χ1n) is 5.27. The molecule has 0 aromatic heterocycles. The van der Waals surface area contributed by atoms with E-state index in [1.165, 1.54) is 4.90 Å². The molecule has 0 aromatic carbocycles. The van der Waals surface area contributed by atoms with Gasteiger partial charge in [-0.05, 0) is 24.8 Å². The van der Waals surface area contributed by atoms with Gasteiger partial charge in [-0.25, -0.2) is 0 Å². The highest BCUT2D eigenvalue weighted by Gasteiger charge is 2.44. The van der Waals surface area contributed by atoms with Crippen LogP contribution in [0.25, 0.3) is 0 Å². The summed E-state index contributed by atoms with van der Waals surface area (Å²) in [5, 5.41) is 0. The molecule has 1 aliphatic rings. The van der Waals surface area contributed by atoms with Crippen molar-refractivity contribution >= 4 is 0 Å². The van der Waals surface area contributed by atoms with Gasteiger partial charge in [-0.2, -0.15) is 13.2 Å². The zero-order valence-electron chi connectivity index (χ0n) is 9.27. The molecule has 1 saturated heterocycles. The number of nitrogens with two attached hydrogens (primary N) is 1. The predicted octanol–water partition coefficient (Wildman–Crippen LogP) is 2.00. The van der Waals surface area contributed by atoms with Crippen molar-refractivity contribution < 1.29 is 13.2 Å². The summed E-state index contributed by atoms with van der Waals surface area (Å²) in [6, 6.07) is -1.47. The number of alkyl halides is 3. The number of likely N-dealkylation sites (tertiary alicyclic amines) is 1. The second-order valence-electron chi connectivity index (χ2n) is 5.03. The Labute approximate surface area is 88.6 Å². The molecule has 0 saturated carbocycles. The quantitative estimate of drug-likeness (QED) is 0.777. The molecule has 1 heterocycles. The first kappa shape index (κ1) is 12.8. The van der Waals surface area contributed by atoms with E-state index in [1.807, 2.05) is 13.8 Å². The molecule has 0 aromatic rings. The lowest BCUT2D eigenvalue weighted by atomic mass is 9.83. The van der Waals surface area contributed by atoms with E-state index in [0.717, 1.165) is 12.8 Å². The Morgan fingerprint density at radius 1 is 1.40 bits per heavy atom. The molecule has 2 nitrogen and oxygen atoms in total. The summed E-state index contributed by atoms with van der Waals surface area (Å²) in [6.07, 6.45) is -2.40. The fraction of sp³-hybridized carbons (Fsp3) is 1.00. The monoisotopic (exact) mass is 224 g/mol. The maximum absolute atomic E-state index is 12.6. The Bertz CT molecular complexity index is 213. The van der Waals surface area contributed by atoms with Gasteiger partial charge in [-0.1, -0.05) is 13.8 Å². The Hall–Kier alpha value is -0.290. The average molecular weight is 224 g/mol. The zero-order valence-corrected chi connectivity index (χ0v) is 9.27. The van der Waals surface area contributed by atoms with Crippen molar-refractivity contribution in [3.63, 3.8) is 0 Å². The van der Waals surface area contributed by atoms with Crippen molar-refractivity contribution in [3.05, 3.63) is 0 Å². The normalized spacial score (nSPS) is 25.2. The third-order valence-electron chi connectivity index (χ3n) is 2.97. The minimum absolute atomic E-state index is 0.0308. The minimum atomic E-state index is -4.21. The lowest BCUT2D eigenvalue weighted by Crippen LogP contribution is -2.55. The molecular formula is C10H19F3N2. The van der Waals surface area contributed by atoms with E-state index in [-0.39, 0.29) is 12.0 Å². The molecular weight excluding hydrogens is 205 g/mol. The molecule has 0 aliphatic carbocycles. The zero-order chi connectivity index (χ0) is 11.7. The van der Waals surface area contributed by atoms with Crippen LogP contribution in [0.3, 0.4) is 0 Å². The molecule has 0 spiro atoms. The van der Waals surface area contributed by atoms with E-state index in [0.29, 0.717) is 13.1 Å². The summed E-state index contributed by atoms with van der Waals surface area (Å²) in [5.41, 5.74) is 5.19. The van der Waals surface area contributed by atoms with Gasteiger partial charge in [0.2, 0.25) is 0 Å². The third kappa shape index (κ3) is 3.34. The Morgan fingerprint density at radius 3 is 2.40 bits per heavy atom. The van der Waals surface area contributed by atoms with Crippen LogP contribution in [-0.2, 0) is 0 Å². The first-order chi connectivity index (χ1) is 6.76. The van der Waals surface area contributed by atoms with Crippen LogP contribution in [0.15, 0.2) is 0 Å². The van der Waals surface area contributed by atoms with Gasteiger partial charge in [0.15, 0.2) is 0 Å². The van der Waals surface area contributed by atoms with Crippen LogP contribution >= 0.6 is 0 Å². The topological polar surface area (TPSA) is 29.3 Å². The fourth-order valence-corrected chi connectivity index (χ4v) is 2.22. The van der Waals surface area contributed by atoms with Crippen LogP contribution in [0.4, 0.5) is 13.2 Å². The highest BCUT2D eigenvalue weighted by atomic mass is 19.4. The summed E-state index contributed by atoms with van der Waals surface area (Å²) in [5.74, 6) is 0. The Kier molecular flexibility index (Phi) is 3.66. The third-order valence-corrected chi connectivity index (χ3v) is 2.97. The van der Waals surface area contributed by atoms with E-state index in [4.69, 9.17) is 5.73 Å². The number of piperidine rings is 1. The number of hydrogen-bond acceptors (Lipinski definition) is 2. The van der Waals surface area contributed by atoms with Gasteiger partial charge in [-0.15, -0.1) is 0 Å². The SMILES string of the molecule is CC1(C)CCCN(C(CN)C(F)(F)F)C1. The summed E-state index contributed by atoms with van der Waals surface area (Å²) in [7, 11) is 0. The molecule has 5 heteroatoms. The van der Waals surface area contributed by atoms with E-state index in [2.05, 4.69) is 0 Å². The van der Waals surface area contributed by atoms with Gasteiger partial charge in [0.1, 0.15) is 6.04 Å².